The Morgan fingerprint density at radius 1 is 0.442 bits per heavy atom. The molecule has 1 aliphatic rings. The van der Waals surface area contributed by atoms with Crippen molar-refractivity contribution < 1.29 is 0 Å². The summed E-state index contributed by atoms with van der Waals surface area (Å²) in [7, 11) is 0. The lowest BCUT2D eigenvalue weighted by Gasteiger charge is -2.14. The zero-order valence-corrected chi connectivity index (χ0v) is 28.7. The third-order valence-corrected chi connectivity index (χ3v) is 12.1. The van der Waals surface area contributed by atoms with E-state index in [1.54, 1.807) is 0 Å². The van der Waals surface area contributed by atoms with E-state index < -0.39 is 0 Å². The number of fused-ring (bicyclic) bond motifs is 10. The van der Waals surface area contributed by atoms with Gasteiger partial charge >= 0.3 is 0 Å². The molecule has 8 aromatic carbocycles. The molecule has 4 heteroatoms. The molecule has 0 atom stereocenters. The second-order valence-electron chi connectivity index (χ2n) is 13.8. The third-order valence-electron chi connectivity index (χ3n) is 10.9. The summed E-state index contributed by atoms with van der Waals surface area (Å²) < 4.78 is 4.95. The van der Waals surface area contributed by atoms with Gasteiger partial charge in [-0.25, -0.2) is 9.97 Å². The van der Waals surface area contributed by atoms with Crippen molar-refractivity contribution in [3.05, 3.63) is 164 Å². The van der Waals surface area contributed by atoms with Crippen LogP contribution in [-0.4, -0.2) is 14.5 Å². The van der Waals surface area contributed by atoms with E-state index in [0.29, 0.717) is 5.95 Å². The first-order valence-electron chi connectivity index (χ1n) is 17.7. The van der Waals surface area contributed by atoms with Gasteiger partial charge in [-0.05, 0) is 80.7 Å². The van der Waals surface area contributed by atoms with Gasteiger partial charge in [-0.3, -0.25) is 4.57 Å². The Labute approximate surface area is 302 Å². The van der Waals surface area contributed by atoms with Gasteiger partial charge in [0.15, 0.2) is 0 Å². The Morgan fingerprint density at radius 3 is 2.04 bits per heavy atom. The van der Waals surface area contributed by atoms with Gasteiger partial charge < -0.3 is 0 Å². The zero-order valence-electron chi connectivity index (χ0n) is 27.8. The van der Waals surface area contributed by atoms with Crippen LogP contribution in [0.15, 0.2) is 164 Å². The summed E-state index contributed by atoms with van der Waals surface area (Å²) in [4.78, 5) is 10.8. The van der Waals surface area contributed by atoms with E-state index in [1.165, 1.54) is 74.9 Å². The molecule has 0 saturated heterocycles. The molecule has 0 unspecified atom stereocenters. The van der Waals surface area contributed by atoms with Crippen LogP contribution in [-0.2, 0) is 0 Å². The van der Waals surface area contributed by atoms with E-state index in [0.717, 1.165) is 33.4 Å². The predicted molar refractivity (Wildman–Crippen MR) is 220 cm³/mol. The Hall–Kier alpha value is -6.62. The van der Waals surface area contributed by atoms with Gasteiger partial charge in [0.25, 0.3) is 0 Å². The van der Waals surface area contributed by atoms with Crippen LogP contribution in [0.1, 0.15) is 0 Å². The highest BCUT2D eigenvalue weighted by Gasteiger charge is 2.31. The average Bonchev–Trinajstić information content (AvgIpc) is 3.86. The standard InChI is InChI=1S/C48H27N3S/c1-2-10-30-25-33(20-19-28(30)9-1)46-35-14-3-5-17-40(35)49-48(50-46)51-41-23-21-31(32-22-24-43-38(26-32)34-13-4-6-18-42(34)52-43)27-39(41)45-36-15-7-11-29-12-8-16-37(44(29)36)47(45)51/h1-27H. The molecule has 1 aliphatic carbocycles. The van der Waals surface area contributed by atoms with Crippen LogP contribution >= 0.6 is 11.3 Å². The first-order chi connectivity index (χ1) is 25.8. The molecule has 52 heavy (non-hydrogen) atoms. The Bertz CT molecular complexity index is 3310. The maximum atomic E-state index is 5.47. The van der Waals surface area contributed by atoms with Crippen LogP contribution in [0, 0.1) is 0 Å². The van der Waals surface area contributed by atoms with Crippen molar-refractivity contribution in [1.29, 1.82) is 0 Å². The maximum absolute atomic E-state index is 5.47. The third kappa shape index (κ3) is 3.90. The lowest BCUT2D eigenvalue weighted by Crippen LogP contribution is -2.05. The summed E-state index contributed by atoms with van der Waals surface area (Å²) in [6.45, 7) is 0. The Morgan fingerprint density at radius 2 is 1.13 bits per heavy atom. The molecule has 0 amide bonds. The second-order valence-corrected chi connectivity index (χ2v) is 14.8. The van der Waals surface area contributed by atoms with Crippen LogP contribution in [0.5, 0.6) is 0 Å². The number of rotatable bonds is 3. The van der Waals surface area contributed by atoms with Crippen LogP contribution < -0.4 is 0 Å². The number of thiophene rings is 1. The molecule has 0 radical (unpaired) electrons. The molecule has 0 spiro atoms. The fraction of sp³-hybridized carbons (Fsp3) is 0. The Kier molecular flexibility index (Phi) is 5.65. The first kappa shape index (κ1) is 28.1. The zero-order chi connectivity index (χ0) is 33.9. The molecule has 12 rings (SSSR count). The maximum Gasteiger partial charge on any atom is 0.235 e. The quantitative estimate of drug-likeness (QED) is 0.186. The van der Waals surface area contributed by atoms with E-state index in [4.69, 9.17) is 9.97 Å². The van der Waals surface area contributed by atoms with Crippen molar-refractivity contribution in [2.45, 2.75) is 0 Å². The van der Waals surface area contributed by atoms with Crippen LogP contribution in [0.2, 0.25) is 0 Å². The molecule has 3 heterocycles. The van der Waals surface area contributed by atoms with E-state index in [9.17, 15) is 0 Å². The summed E-state index contributed by atoms with van der Waals surface area (Å²) in [6, 6.07) is 59.4. The summed E-state index contributed by atoms with van der Waals surface area (Å²) in [5, 5.41) is 9.81. The summed E-state index contributed by atoms with van der Waals surface area (Å²) in [5.74, 6) is 0.678. The fourth-order valence-electron chi connectivity index (χ4n) is 8.58. The summed E-state index contributed by atoms with van der Waals surface area (Å²) in [5.41, 5.74) is 11.3. The van der Waals surface area contributed by atoms with Gasteiger partial charge in [-0.2, -0.15) is 0 Å². The topological polar surface area (TPSA) is 30.7 Å². The molecule has 0 saturated carbocycles. The number of benzene rings is 8. The highest BCUT2D eigenvalue weighted by Crippen LogP contribution is 2.53. The molecule has 240 valence electrons. The van der Waals surface area contributed by atoms with Crippen molar-refractivity contribution in [3.8, 4) is 50.7 Å². The van der Waals surface area contributed by atoms with E-state index >= 15 is 0 Å². The highest BCUT2D eigenvalue weighted by molar-refractivity contribution is 7.25. The van der Waals surface area contributed by atoms with Gasteiger partial charge in [-0.1, -0.05) is 121 Å². The second kappa shape index (κ2) is 10.5. The van der Waals surface area contributed by atoms with Crippen molar-refractivity contribution in [2.75, 3.05) is 0 Å². The number of hydrogen-bond acceptors (Lipinski definition) is 3. The number of aromatic nitrogens is 3. The monoisotopic (exact) mass is 677 g/mol. The lowest BCUT2D eigenvalue weighted by atomic mass is 9.98. The predicted octanol–water partition coefficient (Wildman–Crippen LogP) is 13.2. The van der Waals surface area contributed by atoms with Crippen LogP contribution in [0.3, 0.4) is 0 Å². The van der Waals surface area contributed by atoms with Crippen molar-refractivity contribution in [2.24, 2.45) is 0 Å². The molecule has 3 nitrogen and oxygen atoms in total. The summed E-state index contributed by atoms with van der Waals surface area (Å²) in [6.07, 6.45) is 0. The minimum Gasteiger partial charge on any atom is -0.277 e. The first-order valence-corrected chi connectivity index (χ1v) is 18.5. The van der Waals surface area contributed by atoms with E-state index in [2.05, 4.69) is 168 Å². The van der Waals surface area contributed by atoms with Gasteiger partial charge in [0.05, 0.1) is 22.4 Å². The largest absolute Gasteiger partial charge is 0.277 e. The number of hydrogen-bond donors (Lipinski definition) is 0. The molecule has 0 N–H and O–H groups in total. The van der Waals surface area contributed by atoms with Gasteiger partial charge in [0, 0.05) is 47.6 Å². The summed E-state index contributed by atoms with van der Waals surface area (Å²) >= 11 is 1.86. The number of nitrogens with zero attached hydrogens (tertiary/aromatic N) is 3. The molecule has 0 aliphatic heterocycles. The Balaban J connectivity index is 1.15. The molecule has 3 aromatic heterocycles. The van der Waals surface area contributed by atoms with Gasteiger partial charge in [0.2, 0.25) is 5.95 Å². The van der Waals surface area contributed by atoms with Crippen molar-refractivity contribution >= 4 is 74.9 Å². The minimum atomic E-state index is 0.678. The van der Waals surface area contributed by atoms with Gasteiger partial charge in [-0.15, -0.1) is 11.3 Å². The molecule has 11 aromatic rings. The van der Waals surface area contributed by atoms with Crippen molar-refractivity contribution in [1.82, 2.24) is 14.5 Å². The van der Waals surface area contributed by atoms with E-state index in [-0.39, 0.29) is 0 Å². The number of para-hydroxylation sites is 1. The molecular weight excluding hydrogens is 651 g/mol. The van der Waals surface area contributed by atoms with Crippen LogP contribution in [0.25, 0.3) is 114 Å². The van der Waals surface area contributed by atoms with Crippen molar-refractivity contribution in [3.63, 3.8) is 0 Å². The van der Waals surface area contributed by atoms with Crippen LogP contribution in [0.4, 0.5) is 0 Å². The lowest BCUT2D eigenvalue weighted by molar-refractivity contribution is 0.993. The molecular formula is C48H27N3S. The fourth-order valence-corrected chi connectivity index (χ4v) is 9.67. The average molecular weight is 678 g/mol. The highest BCUT2D eigenvalue weighted by atomic mass is 32.1. The molecule has 0 fully saturated rings. The van der Waals surface area contributed by atoms with Gasteiger partial charge in [0.1, 0.15) is 0 Å². The SMILES string of the molecule is c1ccc2cc(-c3nc(-n4c5c(c6cc(-c7ccc8sc9ccccc9c8c7)ccc64)-c4cccc6cccc-5c46)nc4ccccc34)ccc2c1. The molecule has 0 bridgehead atoms. The minimum absolute atomic E-state index is 0.678. The smallest absolute Gasteiger partial charge is 0.235 e. The normalized spacial score (nSPS) is 12.2. The van der Waals surface area contributed by atoms with E-state index in [1.807, 2.05) is 11.3 Å².